The zero-order valence-electron chi connectivity index (χ0n) is 8.79. The molecule has 2 N–H and O–H groups in total. The summed E-state index contributed by atoms with van der Waals surface area (Å²) in [5, 5.41) is 19.9. The fourth-order valence-corrected chi connectivity index (χ4v) is 1.67. The second-order valence-corrected chi connectivity index (χ2v) is 3.91. The van der Waals surface area contributed by atoms with Gasteiger partial charge >= 0.3 is 5.97 Å². The first kappa shape index (κ1) is 12.3. The van der Waals surface area contributed by atoms with Gasteiger partial charge in [-0.05, 0) is 18.2 Å². The number of carboxylic acid groups (broad SMARTS) is 1. The number of hydrogen-bond acceptors (Lipinski definition) is 5. The maximum absolute atomic E-state index is 10.9. The Morgan fingerprint density at radius 2 is 2.28 bits per heavy atom. The van der Waals surface area contributed by atoms with E-state index >= 15 is 0 Å². The minimum absolute atomic E-state index is 0.177. The van der Waals surface area contributed by atoms with Gasteiger partial charge in [0.05, 0.1) is 16.2 Å². The van der Waals surface area contributed by atoms with Crippen LogP contribution in [-0.2, 0) is 9.63 Å². The molecule has 94 valence electrons. The number of nitro benzene ring substituents is 1. The Morgan fingerprint density at radius 1 is 1.56 bits per heavy atom. The molecule has 1 unspecified atom stereocenters. The molecule has 1 aromatic rings. The highest BCUT2D eigenvalue weighted by molar-refractivity contribution is 6.30. The number of hydroxylamine groups is 1. The van der Waals surface area contributed by atoms with Crippen LogP contribution in [0.5, 0.6) is 0 Å². The van der Waals surface area contributed by atoms with Crippen LogP contribution >= 0.6 is 11.6 Å². The topological polar surface area (TPSA) is 102 Å². The Kier molecular flexibility index (Phi) is 3.17. The standard InChI is InChI=1S/C10H7ClN2O5/c11-5-1-2-8(13(16)17)6(3-5)7-4-9(10(14)15)18-12-7/h1-4,9,12H,(H,14,15). The summed E-state index contributed by atoms with van der Waals surface area (Å²) in [6.45, 7) is 0. The van der Waals surface area contributed by atoms with Crippen molar-refractivity contribution in [2.45, 2.75) is 6.10 Å². The van der Waals surface area contributed by atoms with E-state index in [4.69, 9.17) is 21.5 Å². The first-order valence-electron chi connectivity index (χ1n) is 4.79. The molecular formula is C10H7ClN2O5. The van der Waals surface area contributed by atoms with E-state index in [1.165, 1.54) is 24.3 Å². The van der Waals surface area contributed by atoms with E-state index in [1.807, 2.05) is 0 Å². The molecule has 1 aliphatic rings. The van der Waals surface area contributed by atoms with Crippen LogP contribution in [0.4, 0.5) is 5.69 Å². The van der Waals surface area contributed by atoms with Crippen molar-refractivity contribution in [1.82, 2.24) is 5.48 Å². The largest absolute Gasteiger partial charge is 0.479 e. The van der Waals surface area contributed by atoms with E-state index in [0.29, 0.717) is 5.02 Å². The third kappa shape index (κ3) is 2.27. The van der Waals surface area contributed by atoms with Crippen LogP contribution < -0.4 is 5.48 Å². The van der Waals surface area contributed by atoms with E-state index < -0.39 is 17.0 Å². The molecule has 7 nitrogen and oxygen atoms in total. The second kappa shape index (κ2) is 4.63. The quantitative estimate of drug-likeness (QED) is 0.638. The number of carbonyl (C=O) groups is 1. The summed E-state index contributed by atoms with van der Waals surface area (Å²) in [6.07, 6.45) is 0.0552. The van der Waals surface area contributed by atoms with Crippen LogP contribution in [0.1, 0.15) is 5.56 Å². The lowest BCUT2D eigenvalue weighted by atomic mass is 10.1. The number of nitrogens with zero attached hydrogens (tertiary/aromatic N) is 1. The molecule has 0 saturated carbocycles. The molecule has 0 bridgehead atoms. The van der Waals surface area contributed by atoms with Gasteiger partial charge in [-0.1, -0.05) is 11.6 Å². The normalized spacial score (nSPS) is 18.1. The molecule has 0 fully saturated rings. The SMILES string of the molecule is O=C(O)C1C=C(c2cc(Cl)ccc2[N+](=O)[O-])NO1. The van der Waals surface area contributed by atoms with Gasteiger partial charge in [0.15, 0.2) is 0 Å². The van der Waals surface area contributed by atoms with E-state index in [0.717, 1.165) is 0 Å². The lowest BCUT2D eigenvalue weighted by Crippen LogP contribution is -2.21. The third-order valence-electron chi connectivity index (χ3n) is 2.30. The summed E-state index contributed by atoms with van der Waals surface area (Å²) in [7, 11) is 0. The Bertz CT molecular complexity index is 557. The van der Waals surface area contributed by atoms with Crippen LogP contribution in [0.3, 0.4) is 0 Å². The van der Waals surface area contributed by atoms with E-state index in [9.17, 15) is 14.9 Å². The molecule has 18 heavy (non-hydrogen) atoms. The van der Waals surface area contributed by atoms with Crippen molar-refractivity contribution in [2.24, 2.45) is 0 Å². The van der Waals surface area contributed by atoms with Gasteiger partial charge in [-0.2, -0.15) is 0 Å². The van der Waals surface area contributed by atoms with Crippen LogP contribution in [0.15, 0.2) is 24.3 Å². The summed E-state index contributed by atoms with van der Waals surface area (Å²) in [5.41, 5.74) is 2.54. The summed E-state index contributed by atoms with van der Waals surface area (Å²) >= 11 is 5.76. The monoisotopic (exact) mass is 270 g/mol. The molecule has 8 heteroatoms. The van der Waals surface area contributed by atoms with Gasteiger partial charge in [0.25, 0.3) is 5.69 Å². The highest BCUT2D eigenvalue weighted by Gasteiger charge is 2.27. The molecule has 1 heterocycles. The van der Waals surface area contributed by atoms with Crippen molar-refractivity contribution in [3.05, 3.63) is 45.0 Å². The molecule has 0 radical (unpaired) electrons. The van der Waals surface area contributed by atoms with Crippen molar-refractivity contribution in [3.8, 4) is 0 Å². The van der Waals surface area contributed by atoms with Crippen molar-refractivity contribution < 1.29 is 19.7 Å². The Labute approximate surface area is 106 Å². The van der Waals surface area contributed by atoms with Crippen molar-refractivity contribution >= 4 is 29.0 Å². The van der Waals surface area contributed by atoms with Crippen LogP contribution in [-0.4, -0.2) is 22.1 Å². The van der Waals surface area contributed by atoms with E-state index in [1.54, 1.807) is 0 Å². The molecule has 1 aromatic carbocycles. The number of aliphatic carboxylic acids is 1. The summed E-state index contributed by atoms with van der Waals surface area (Å²) < 4.78 is 0. The maximum Gasteiger partial charge on any atom is 0.339 e. The van der Waals surface area contributed by atoms with E-state index in [-0.39, 0.29) is 16.9 Å². The first-order valence-corrected chi connectivity index (χ1v) is 5.17. The Morgan fingerprint density at radius 3 is 2.83 bits per heavy atom. The molecule has 2 rings (SSSR count). The van der Waals surface area contributed by atoms with Crippen LogP contribution in [0.25, 0.3) is 5.70 Å². The molecule has 0 amide bonds. The highest BCUT2D eigenvalue weighted by atomic mass is 35.5. The predicted molar refractivity (Wildman–Crippen MR) is 61.7 cm³/mol. The zero-order chi connectivity index (χ0) is 13.3. The average molecular weight is 271 g/mol. The molecule has 0 saturated heterocycles. The van der Waals surface area contributed by atoms with E-state index in [2.05, 4.69) is 5.48 Å². The Balaban J connectivity index is 2.45. The van der Waals surface area contributed by atoms with Crippen LogP contribution in [0.2, 0.25) is 5.02 Å². The fourth-order valence-electron chi connectivity index (χ4n) is 1.50. The average Bonchev–Trinajstić information content (AvgIpc) is 2.77. The number of halogens is 1. The Hall–Kier alpha value is -2.12. The number of benzene rings is 1. The minimum atomic E-state index is -1.19. The number of nitro groups is 1. The van der Waals surface area contributed by atoms with Crippen molar-refractivity contribution in [3.63, 3.8) is 0 Å². The molecular weight excluding hydrogens is 264 g/mol. The van der Waals surface area contributed by atoms with Gasteiger partial charge in [-0.3, -0.25) is 20.4 Å². The van der Waals surface area contributed by atoms with Gasteiger partial charge < -0.3 is 5.11 Å². The smallest absolute Gasteiger partial charge is 0.339 e. The maximum atomic E-state index is 10.9. The van der Waals surface area contributed by atoms with Gasteiger partial charge in [0.1, 0.15) is 0 Å². The van der Waals surface area contributed by atoms with Gasteiger partial charge in [0, 0.05) is 11.1 Å². The molecule has 1 atom stereocenters. The van der Waals surface area contributed by atoms with Crippen LogP contribution in [0, 0.1) is 10.1 Å². The number of hydrogen-bond donors (Lipinski definition) is 2. The predicted octanol–water partition coefficient (Wildman–Crippen LogP) is 1.58. The minimum Gasteiger partial charge on any atom is -0.479 e. The summed E-state index contributed by atoms with van der Waals surface area (Å²) in [6, 6.07) is 3.99. The number of rotatable bonds is 3. The second-order valence-electron chi connectivity index (χ2n) is 3.48. The van der Waals surface area contributed by atoms with Gasteiger partial charge in [0.2, 0.25) is 6.10 Å². The van der Waals surface area contributed by atoms with Crippen molar-refractivity contribution in [2.75, 3.05) is 0 Å². The summed E-state index contributed by atoms with van der Waals surface area (Å²) in [4.78, 5) is 25.7. The van der Waals surface area contributed by atoms with Gasteiger partial charge in [-0.25, -0.2) is 4.79 Å². The lowest BCUT2D eigenvalue weighted by Gasteiger charge is -2.05. The summed E-state index contributed by atoms with van der Waals surface area (Å²) in [5.74, 6) is -1.19. The fraction of sp³-hybridized carbons (Fsp3) is 0.100. The van der Waals surface area contributed by atoms with Crippen molar-refractivity contribution in [1.29, 1.82) is 0 Å². The molecule has 0 aromatic heterocycles. The lowest BCUT2D eigenvalue weighted by molar-refractivity contribution is -0.385. The van der Waals surface area contributed by atoms with Gasteiger partial charge in [-0.15, -0.1) is 0 Å². The third-order valence-corrected chi connectivity index (χ3v) is 2.54. The number of carboxylic acids is 1. The zero-order valence-corrected chi connectivity index (χ0v) is 9.55. The first-order chi connectivity index (χ1) is 8.49. The molecule has 0 spiro atoms. The highest BCUT2D eigenvalue weighted by Crippen LogP contribution is 2.30. The molecule has 0 aliphatic carbocycles. The number of nitrogens with one attached hydrogen (secondary N) is 1. The molecule has 1 aliphatic heterocycles.